The Morgan fingerprint density at radius 2 is 2.20 bits per heavy atom. The monoisotopic (exact) mass is 198 g/mol. The van der Waals surface area contributed by atoms with Gasteiger partial charge in [-0.25, -0.2) is 0 Å². The van der Waals surface area contributed by atoms with Gasteiger partial charge in [0, 0.05) is 18.8 Å². The molecule has 0 unspecified atom stereocenters. The van der Waals surface area contributed by atoms with Crippen LogP contribution in [0.5, 0.6) is 0 Å². The fourth-order valence-corrected chi connectivity index (χ4v) is 1.85. The Hall–Kier alpha value is -1.75. The average Bonchev–Trinajstić information content (AvgIpc) is 2.30. The molecule has 0 N–H and O–H groups in total. The fraction of sp³-hybridized carbons (Fsp3) is 0.308. The normalized spacial score (nSPS) is 15.1. The highest BCUT2D eigenvalue weighted by Crippen LogP contribution is 2.20. The highest BCUT2D eigenvalue weighted by molar-refractivity contribution is 5.54. The van der Waals surface area contributed by atoms with Crippen LogP contribution in [0.3, 0.4) is 0 Å². The maximum absolute atomic E-state index is 8.84. The van der Waals surface area contributed by atoms with E-state index in [2.05, 4.69) is 29.2 Å². The van der Waals surface area contributed by atoms with Gasteiger partial charge in [-0.3, -0.25) is 0 Å². The third kappa shape index (κ3) is 2.02. The Morgan fingerprint density at radius 1 is 1.33 bits per heavy atom. The SMILES string of the molecule is Cc1cc(N2CC=CCC2)ccc1C#N. The van der Waals surface area contributed by atoms with Gasteiger partial charge in [0.05, 0.1) is 11.6 Å². The van der Waals surface area contributed by atoms with Gasteiger partial charge >= 0.3 is 0 Å². The largest absolute Gasteiger partial charge is 0.367 e. The summed E-state index contributed by atoms with van der Waals surface area (Å²) in [5.41, 5.74) is 3.05. The average molecular weight is 198 g/mol. The number of benzene rings is 1. The smallest absolute Gasteiger partial charge is 0.0994 e. The van der Waals surface area contributed by atoms with Gasteiger partial charge < -0.3 is 4.90 Å². The lowest BCUT2D eigenvalue weighted by atomic mass is 10.1. The molecule has 2 heteroatoms. The molecule has 76 valence electrons. The second-order valence-electron chi connectivity index (χ2n) is 3.82. The standard InChI is InChI=1S/C13H14N2/c1-11-9-13(6-5-12(11)10-14)15-7-3-2-4-8-15/h2-3,5-6,9H,4,7-8H2,1H3. The Labute approximate surface area is 90.4 Å². The molecule has 1 aliphatic rings. The number of anilines is 1. The first-order chi connectivity index (χ1) is 7.31. The summed E-state index contributed by atoms with van der Waals surface area (Å²) in [6, 6.07) is 8.23. The minimum atomic E-state index is 0.770. The number of aryl methyl sites for hydroxylation is 1. The van der Waals surface area contributed by atoms with Crippen molar-refractivity contribution in [3.05, 3.63) is 41.5 Å². The molecule has 0 radical (unpaired) electrons. The van der Waals surface area contributed by atoms with E-state index >= 15 is 0 Å². The van der Waals surface area contributed by atoms with Gasteiger partial charge in [-0.1, -0.05) is 12.2 Å². The fourth-order valence-electron chi connectivity index (χ4n) is 1.85. The molecule has 1 aromatic carbocycles. The Morgan fingerprint density at radius 3 is 2.80 bits per heavy atom. The summed E-state index contributed by atoms with van der Waals surface area (Å²) >= 11 is 0. The first-order valence-electron chi connectivity index (χ1n) is 5.22. The molecule has 0 spiro atoms. The first kappa shape index (κ1) is 9.79. The van der Waals surface area contributed by atoms with E-state index in [1.165, 1.54) is 5.69 Å². The van der Waals surface area contributed by atoms with Crippen LogP contribution in [0.15, 0.2) is 30.4 Å². The summed E-state index contributed by atoms with van der Waals surface area (Å²) in [5, 5.41) is 8.84. The van der Waals surface area contributed by atoms with E-state index in [-0.39, 0.29) is 0 Å². The van der Waals surface area contributed by atoms with Crippen LogP contribution in [-0.2, 0) is 0 Å². The third-order valence-electron chi connectivity index (χ3n) is 2.75. The molecule has 15 heavy (non-hydrogen) atoms. The van der Waals surface area contributed by atoms with E-state index < -0.39 is 0 Å². The lowest BCUT2D eigenvalue weighted by Crippen LogP contribution is -2.26. The number of nitrogens with zero attached hydrogens (tertiary/aromatic N) is 2. The topological polar surface area (TPSA) is 27.0 Å². The predicted molar refractivity (Wildman–Crippen MR) is 61.9 cm³/mol. The van der Waals surface area contributed by atoms with Crippen LogP contribution in [0.1, 0.15) is 17.5 Å². The Bertz CT molecular complexity index is 427. The van der Waals surface area contributed by atoms with Gasteiger partial charge in [0.1, 0.15) is 0 Å². The Balaban J connectivity index is 2.26. The zero-order valence-electron chi connectivity index (χ0n) is 8.90. The van der Waals surface area contributed by atoms with Gasteiger partial charge in [-0.15, -0.1) is 0 Å². The molecule has 1 heterocycles. The van der Waals surface area contributed by atoms with Crippen molar-refractivity contribution < 1.29 is 0 Å². The van der Waals surface area contributed by atoms with Crippen LogP contribution in [0, 0.1) is 18.3 Å². The molecule has 2 nitrogen and oxygen atoms in total. The minimum Gasteiger partial charge on any atom is -0.367 e. The molecular formula is C13H14N2. The lowest BCUT2D eigenvalue weighted by molar-refractivity contribution is 0.820. The van der Waals surface area contributed by atoms with E-state index in [0.29, 0.717) is 0 Å². The maximum atomic E-state index is 8.84. The number of hydrogen-bond acceptors (Lipinski definition) is 2. The van der Waals surface area contributed by atoms with Gasteiger partial charge in [-0.05, 0) is 37.1 Å². The maximum Gasteiger partial charge on any atom is 0.0994 e. The van der Waals surface area contributed by atoms with Crippen LogP contribution < -0.4 is 4.90 Å². The molecule has 1 aliphatic heterocycles. The summed E-state index contributed by atoms with van der Waals surface area (Å²) in [5.74, 6) is 0. The van der Waals surface area contributed by atoms with E-state index in [0.717, 1.165) is 30.6 Å². The molecule has 1 aromatic rings. The quantitative estimate of drug-likeness (QED) is 0.649. The predicted octanol–water partition coefficient (Wildman–Crippen LogP) is 2.63. The summed E-state index contributed by atoms with van der Waals surface area (Å²) in [7, 11) is 0. The molecule has 0 aromatic heterocycles. The summed E-state index contributed by atoms with van der Waals surface area (Å²) < 4.78 is 0. The van der Waals surface area contributed by atoms with Crippen molar-refractivity contribution >= 4 is 5.69 Å². The molecule has 0 aliphatic carbocycles. The van der Waals surface area contributed by atoms with Crippen LogP contribution in [0.4, 0.5) is 5.69 Å². The van der Waals surface area contributed by atoms with Crippen molar-refractivity contribution in [2.75, 3.05) is 18.0 Å². The van der Waals surface area contributed by atoms with Crippen molar-refractivity contribution in [3.8, 4) is 6.07 Å². The second-order valence-corrected chi connectivity index (χ2v) is 3.82. The van der Waals surface area contributed by atoms with Crippen molar-refractivity contribution in [2.24, 2.45) is 0 Å². The van der Waals surface area contributed by atoms with Crippen molar-refractivity contribution in [3.63, 3.8) is 0 Å². The number of nitriles is 1. The lowest BCUT2D eigenvalue weighted by Gasteiger charge is -2.26. The van der Waals surface area contributed by atoms with Gasteiger partial charge in [0.15, 0.2) is 0 Å². The van der Waals surface area contributed by atoms with Gasteiger partial charge in [0.25, 0.3) is 0 Å². The first-order valence-corrected chi connectivity index (χ1v) is 5.22. The molecule has 0 bridgehead atoms. The minimum absolute atomic E-state index is 0.770. The molecule has 0 saturated heterocycles. The van der Waals surface area contributed by atoms with E-state index in [1.54, 1.807) is 0 Å². The van der Waals surface area contributed by atoms with Gasteiger partial charge in [-0.2, -0.15) is 5.26 Å². The second kappa shape index (κ2) is 4.18. The zero-order valence-corrected chi connectivity index (χ0v) is 8.90. The molecule has 0 amide bonds. The molecule has 0 fully saturated rings. The van der Waals surface area contributed by atoms with Crippen LogP contribution >= 0.6 is 0 Å². The van der Waals surface area contributed by atoms with E-state index in [4.69, 9.17) is 5.26 Å². The number of hydrogen-bond donors (Lipinski definition) is 0. The summed E-state index contributed by atoms with van der Waals surface area (Å²) in [4.78, 5) is 2.33. The highest BCUT2D eigenvalue weighted by atomic mass is 15.1. The third-order valence-corrected chi connectivity index (χ3v) is 2.75. The Kier molecular flexibility index (Phi) is 2.73. The molecule has 0 atom stereocenters. The summed E-state index contributed by atoms with van der Waals surface area (Å²) in [6.45, 7) is 4.04. The van der Waals surface area contributed by atoms with Gasteiger partial charge in [0.2, 0.25) is 0 Å². The van der Waals surface area contributed by atoms with Crippen molar-refractivity contribution in [2.45, 2.75) is 13.3 Å². The van der Waals surface area contributed by atoms with Crippen molar-refractivity contribution in [1.82, 2.24) is 0 Å². The van der Waals surface area contributed by atoms with Crippen LogP contribution in [0.25, 0.3) is 0 Å². The summed E-state index contributed by atoms with van der Waals surface area (Å²) in [6.07, 6.45) is 5.52. The van der Waals surface area contributed by atoms with Crippen LogP contribution in [-0.4, -0.2) is 13.1 Å². The molecular weight excluding hydrogens is 184 g/mol. The van der Waals surface area contributed by atoms with E-state index in [9.17, 15) is 0 Å². The molecule has 0 saturated carbocycles. The van der Waals surface area contributed by atoms with Crippen molar-refractivity contribution in [1.29, 1.82) is 5.26 Å². The zero-order chi connectivity index (χ0) is 10.7. The highest BCUT2D eigenvalue weighted by Gasteiger charge is 2.08. The molecule has 2 rings (SSSR count). The van der Waals surface area contributed by atoms with Crippen LogP contribution in [0.2, 0.25) is 0 Å². The van der Waals surface area contributed by atoms with E-state index in [1.807, 2.05) is 19.1 Å². The number of rotatable bonds is 1.